The molecule has 4 heterocycles. The quantitative estimate of drug-likeness (QED) is 0.558. The van der Waals surface area contributed by atoms with Crippen LogP contribution < -0.4 is 14.4 Å². The molecule has 0 amide bonds. The van der Waals surface area contributed by atoms with Crippen molar-refractivity contribution in [3.63, 3.8) is 0 Å². The highest BCUT2D eigenvalue weighted by Crippen LogP contribution is 2.74. The van der Waals surface area contributed by atoms with Crippen molar-refractivity contribution < 1.29 is 23.7 Å². The van der Waals surface area contributed by atoms with Crippen LogP contribution in [0.3, 0.4) is 0 Å². The molecule has 0 radical (unpaired) electrons. The predicted molar refractivity (Wildman–Crippen MR) is 110 cm³/mol. The highest BCUT2D eigenvalue weighted by Gasteiger charge is 2.83. The topological polar surface area (TPSA) is 60.5 Å². The summed E-state index contributed by atoms with van der Waals surface area (Å²) in [6, 6.07) is 4.34. The molecule has 1 aliphatic carbocycles. The van der Waals surface area contributed by atoms with Crippen LogP contribution in [-0.4, -0.2) is 63.8 Å². The Kier molecular flexibility index (Phi) is 3.52. The summed E-state index contributed by atoms with van der Waals surface area (Å²) in [5.41, 5.74) is 2.43. The average molecular weight is 412 g/mol. The van der Waals surface area contributed by atoms with E-state index in [0.29, 0.717) is 11.5 Å². The zero-order valence-corrected chi connectivity index (χ0v) is 18.1. The van der Waals surface area contributed by atoms with Crippen molar-refractivity contribution in [3.05, 3.63) is 29.3 Å². The number of piperidine rings is 2. The predicted octanol–water partition coefficient (Wildman–Crippen LogP) is 2.29. The number of carbonyl (C=O) groups is 1. The molecule has 6 rings (SSSR count). The maximum atomic E-state index is 13.4. The molecule has 1 aromatic carbocycles. The fraction of sp³-hybridized carbons (Fsp3) is 0.609. The van der Waals surface area contributed by atoms with Gasteiger partial charge in [0.1, 0.15) is 6.23 Å². The number of methoxy groups -OCH3 is 3. The number of fused-ring (bicyclic) bond motifs is 4. The van der Waals surface area contributed by atoms with E-state index in [9.17, 15) is 4.79 Å². The maximum Gasteiger partial charge on any atom is 0.310 e. The van der Waals surface area contributed by atoms with Crippen LogP contribution in [0.1, 0.15) is 25.3 Å². The fourth-order valence-electron chi connectivity index (χ4n) is 7.58. The van der Waals surface area contributed by atoms with Crippen molar-refractivity contribution in [2.45, 2.75) is 43.2 Å². The molecule has 7 nitrogen and oxygen atoms in total. The lowest BCUT2D eigenvalue weighted by Gasteiger charge is -2.61. The lowest BCUT2D eigenvalue weighted by Crippen LogP contribution is -2.75. The highest BCUT2D eigenvalue weighted by atomic mass is 16.6. The van der Waals surface area contributed by atoms with Crippen molar-refractivity contribution in [3.8, 4) is 11.5 Å². The Morgan fingerprint density at radius 1 is 1.23 bits per heavy atom. The van der Waals surface area contributed by atoms with Gasteiger partial charge in [-0.3, -0.25) is 9.69 Å². The third-order valence-corrected chi connectivity index (χ3v) is 8.59. The van der Waals surface area contributed by atoms with Gasteiger partial charge < -0.3 is 23.8 Å². The van der Waals surface area contributed by atoms with Gasteiger partial charge in [-0.2, -0.15) is 0 Å². The first-order chi connectivity index (χ1) is 14.5. The van der Waals surface area contributed by atoms with E-state index in [1.54, 1.807) is 14.2 Å². The normalized spacial score (nSPS) is 41.2. The lowest BCUT2D eigenvalue weighted by atomic mass is 9.49. The molecule has 0 N–H and O–H groups in total. The molecule has 1 spiro atoms. The molecule has 0 unspecified atom stereocenters. The minimum atomic E-state index is -0.577. The number of hydrogen-bond acceptors (Lipinski definition) is 7. The minimum absolute atomic E-state index is 0.00190. The van der Waals surface area contributed by atoms with Gasteiger partial charge in [-0.15, -0.1) is 0 Å². The van der Waals surface area contributed by atoms with Crippen molar-refractivity contribution in [2.75, 3.05) is 39.8 Å². The Morgan fingerprint density at radius 3 is 2.63 bits per heavy atom. The number of nitrogens with zero attached hydrogens (tertiary/aromatic N) is 2. The summed E-state index contributed by atoms with van der Waals surface area (Å²) in [7, 11) is 6.90. The minimum Gasteiger partial charge on any atom is -0.493 e. The Hall–Kier alpha value is -2.25. The number of anilines is 1. The molecule has 30 heavy (non-hydrogen) atoms. The van der Waals surface area contributed by atoms with Crippen LogP contribution in [0.25, 0.3) is 0 Å². The number of ether oxygens (including phenoxy) is 4. The second kappa shape index (κ2) is 5.71. The largest absolute Gasteiger partial charge is 0.493 e. The lowest BCUT2D eigenvalue weighted by molar-refractivity contribution is -0.162. The maximum absolute atomic E-state index is 13.4. The molecule has 7 heteroatoms. The molecule has 6 atom stereocenters. The molecule has 0 aromatic heterocycles. The van der Waals surface area contributed by atoms with Gasteiger partial charge >= 0.3 is 5.97 Å². The van der Waals surface area contributed by atoms with Crippen LogP contribution in [0.5, 0.6) is 11.5 Å². The van der Waals surface area contributed by atoms with Crippen molar-refractivity contribution in [1.82, 2.24) is 4.90 Å². The molecule has 4 fully saturated rings. The Morgan fingerprint density at radius 2 is 1.97 bits per heavy atom. The third kappa shape index (κ3) is 1.69. The number of carbonyl (C=O) groups excluding carboxylic acids is 1. The van der Waals surface area contributed by atoms with Gasteiger partial charge in [0.2, 0.25) is 0 Å². The van der Waals surface area contributed by atoms with E-state index in [-0.39, 0.29) is 30.1 Å². The van der Waals surface area contributed by atoms with E-state index in [0.717, 1.165) is 30.6 Å². The molecule has 4 aliphatic heterocycles. The van der Waals surface area contributed by atoms with Gasteiger partial charge in [0.15, 0.2) is 17.2 Å². The third-order valence-electron chi connectivity index (χ3n) is 8.59. The van der Waals surface area contributed by atoms with Gasteiger partial charge in [0, 0.05) is 31.8 Å². The van der Waals surface area contributed by atoms with Crippen LogP contribution in [-0.2, 0) is 19.7 Å². The fourth-order valence-corrected chi connectivity index (χ4v) is 7.58. The number of allylic oxidation sites excluding steroid dienone is 1. The molecule has 1 aromatic rings. The monoisotopic (exact) mass is 412 g/mol. The number of rotatable bonds is 3. The van der Waals surface area contributed by atoms with E-state index >= 15 is 0 Å². The van der Waals surface area contributed by atoms with E-state index in [2.05, 4.69) is 35.9 Å². The summed E-state index contributed by atoms with van der Waals surface area (Å²) in [5, 5.41) is 0. The molecule has 1 saturated carbocycles. The second-order valence-electron chi connectivity index (χ2n) is 9.12. The van der Waals surface area contributed by atoms with Crippen LogP contribution in [0.15, 0.2) is 23.8 Å². The molecular weight excluding hydrogens is 384 g/mol. The summed E-state index contributed by atoms with van der Waals surface area (Å²) in [6.45, 7) is 2.94. The number of benzene rings is 1. The van der Waals surface area contributed by atoms with E-state index in [1.165, 1.54) is 12.7 Å². The summed E-state index contributed by atoms with van der Waals surface area (Å²) in [5.74, 6) is 1.09. The number of likely N-dealkylation sites (N-methyl/N-ethyl adjacent to an activating group) is 1. The summed E-state index contributed by atoms with van der Waals surface area (Å²) >= 11 is 0. The number of esters is 1. The van der Waals surface area contributed by atoms with Crippen molar-refractivity contribution in [1.29, 1.82) is 0 Å². The molecule has 5 aliphatic rings. The van der Waals surface area contributed by atoms with Crippen LogP contribution in [0, 0.1) is 11.8 Å². The van der Waals surface area contributed by atoms with Gasteiger partial charge in [0.05, 0.1) is 38.7 Å². The van der Waals surface area contributed by atoms with Gasteiger partial charge in [-0.05, 0) is 30.9 Å². The van der Waals surface area contributed by atoms with Crippen LogP contribution in [0.2, 0.25) is 0 Å². The zero-order chi connectivity index (χ0) is 21.0. The van der Waals surface area contributed by atoms with Crippen LogP contribution in [0.4, 0.5) is 5.69 Å². The van der Waals surface area contributed by atoms with Crippen molar-refractivity contribution >= 4 is 11.7 Å². The standard InChI is InChI=1S/C23H28N2O5/c1-6-12-11-25-18-7-13(12)20(21(26)29-5)22-10-19(25)30-23(18,22)24(2)15-9-17(28-4)16(27-3)8-14(15)22/h6,8-9,13,18-20H,7,10-11H2,1-5H3/b12-6-/t13-,18-,19-,20-,22-,23-/m0/s1. The molecular formula is C23H28N2O5. The smallest absolute Gasteiger partial charge is 0.310 e. The first-order valence-corrected chi connectivity index (χ1v) is 10.6. The second-order valence-corrected chi connectivity index (χ2v) is 9.12. The Bertz CT molecular complexity index is 992. The van der Waals surface area contributed by atoms with E-state index < -0.39 is 11.1 Å². The molecule has 3 saturated heterocycles. The Labute approximate surface area is 176 Å². The first kappa shape index (κ1) is 18.5. The number of hydrogen-bond donors (Lipinski definition) is 0. The van der Waals surface area contributed by atoms with Gasteiger partial charge in [0.25, 0.3) is 0 Å². The van der Waals surface area contributed by atoms with E-state index in [1.807, 2.05) is 6.07 Å². The average Bonchev–Trinajstić information content (AvgIpc) is 3.37. The first-order valence-electron chi connectivity index (χ1n) is 10.6. The summed E-state index contributed by atoms with van der Waals surface area (Å²) in [4.78, 5) is 18.2. The van der Waals surface area contributed by atoms with Gasteiger partial charge in [-0.25, -0.2) is 0 Å². The molecule has 4 bridgehead atoms. The molecule has 160 valence electrons. The SMILES string of the molecule is C/C=C1/CN2[C@@H]3C[C@@]45c6cc(OC)c(OC)cc6N(C)[C@]4(O3)[C@@H]2C[C@@H]1[C@H]5C(=O)OC. The summed E-state index contributed by atoms with van der Waals surface area (Å²) < 4.78 is 23.6. The van der Waals surface area contributed by atoms with Crippen LogP contribution >= 0.6 is 0 Å². The van der Waals surface area contributed by atoms with Crippen molar-refractivity contribution in [2.24, 2.45) is 11.8 Å². The Balaban J connectivity index is 1.67. The zero-order valence-electron chi connectivity index (χ0n) is 18.1. The summed E-state index contributed by atoms with van der Waals surface area (Å²) in [6.07, 6.45) is 3.88. The highest BCUT2D eigenvalue weighted by molar-refractivity contribution is 5.83. The van der Waals surface area contributed by atoms with E-state index in [4.69, 9.17) is 18.9 Å². The van der Waals surface area contributed by atoms with Gasteiger partial charge in [-0.1, -0.05) is 11.6 Å².